The molecular formula is C14H12F3NO2S. The summed E-state index contributed by atoms with van der Waals surface area (Å²) >= 11 is 0.355. The van der Waals surface area contributed by atoms with Crippen LogP contribution in [0, 0.1) is 6.92 Å². The van der Waals surface area contributed by atoms with Crippen molar-refractivity contribution in [2.24, 2.45) is 0 Å². The lowest BCUT2D eigenvalue weighted by atomic mass is 10.2. The van der Waals surface area contributed by atoms with Gasteiger partial charge in [0, 0.05) is 12.6 Å². The van der Waals surface area contributed by atoms with Gasteiger partial charge in [0.1, 0.15) is 5.75 Å². The molecule has 1 aromatic carbocycles. The number of nitrogens with zero attached hydrogens (tertiary/aromatic N) is 1. The highest BCUT2D eigenvalue weighted by molar-refractivity contribution is 7.13. The van der Waals surface area contributed by atoms with E-state index in [0.717, 1.165) is 11.8 Å². The van der Waals surface area contributed by atoms with Gasteiger partial charge in [0.2, 0.25) is 0 Å². The van der Waals surface area contributed by atoms with Gasteiger partial charge in [-0.2, -0.15) is 13.2 Å². The standard InChI is InChI=1S/C14H12F3NO2S/c1-9-3-2-4-10(7-9)20-6-5-11(19)12-8-18-13(21-12)14(15,16)17/h2-4,7-8H,5-6H2,1H3. The van der Waals surface area contributed by atoms with E-state index >= 15 is 0 Å². The van der Waals surface area contributed by atoms with Gasteiger partial charge in [-0.3, -0.25) is 4.79 Å². The van der Waals surface area contributed by atoms with Crippen LogP contribution in [-0.4, -0.2) is 17.4 Å². The maximum absolute atomic E-state index is 12.4. The van der Waals surface area contributed by atoms with Crippen LogP contribution in [0.1, 0.15) is 26.7 Å². The summed E-state index contributed by atoms with van der Waals surface area (Å²) in [7, 11) is 0. The van der Waals surface area contributed by atoms with Gasteiger partial charge >= 0.3 is 6.18 Å². The van der Waals surface area contributed by atoms with Crippen LogP contribution < -0.4 is 4.74 Å². The Morgan fingerprint density at radius 3 is 2.76 bits per heavy atom. The SMILES string of the molecule is Cc1cccc(OCCC(=O)c2cnc(C(F)(F)F)s2)c1. The van der Waals surface area contributed by atoms with Crippen molar-refractivity contribution in [1.29, 1.82) is 0 Å². The summed E-state index contributed by atoms with van der Waals surface area (Å²) in [5.74, 6) is 0.221. The third kappa shape index (κ3) is 4.29. The number of aromatic nitrogens is 1. The van der Waals surface area contributed by atoms with E-state index in [2.05, 4.69) is 4.98 Å². The van der Waals surface area contributed by atoms with Gasteiger partial charge in [-0.15, -0.1) is 11.3 Å². The largest absolute Gasteiger partial charge is 0.493 e. The first-order valence-corrected chi connectivity index (χ1v) is 6.93. The molecule has 3 nitrogen and oxygen atoms in total. The van der Waals surface area contributed by atoms with E-state index in [4.69, 9.17) is 4.74 Å². The smallest absolute Gasteiger partial charge is 0.443 e. The number of ketones is 1. The zero-order valence-electron chi connectivity index (χ0n) is 11.1. The zero-order valence-corrected chi connectivity index (χ0v) is 11.9. The van der Waals surface area contributed by atoms with E-state index in [1.54, 1.807) is 6.07 Å². The van der Waals surface area contributed by atoms with Crippen LogP contribution in [0.2, 0.25) is 0 Å². The second-order valence-electron chi connectivity index (χ2n) is 4.37. The van der Waals surface area contributed by atoms with Crippen molar-refractivity contribution in [3.63, 3.8) is 0 Å². The number of ether oxygens (including phenoxy) is 1. The molecule has 112 valence electrons. The van der Waals surface area contributed by atoms with E-state index in [1.165, 1.54) is 0 Å². The van der Waals surface area contributed by atoms with E-state index in [-0.39, 0.29) is 17.9 Å². The Kier molecular flexibility index (Phi) is 4.62. The Morgan fingerprint density at radius 1 is 1.38 bits per heavy atom. The third-order valence-electron chi connectivity index (χ3n) is 2.61. The van der Waals surface area contributed by atoms with Gasteiger partial charge in [0.15, 0.2) is 10.8 Å². The van der Waals surface area contributed by atoms with Crippen LogP contribution in [0.5, 0.6) is 5.75 Å². The van der Waals surface area contributed by atoms with Gasteiger partial charge in [-0.25, -0.2) is 4.98 Å². The summed E-state index contributed by atoms with van der Waals surface area (Å²) in [4.78, 5) is 15.0. The quantitative estimate of drug-likeness (QED) is 0.779. The molecule has 2 aromatic rings. The summed E-state index contributed by atoms with van der Waals surface area (Å²) < 4.78 is 42.6. The number of Topliss-reactive ketones (excluding diaryl/α,β-unsaturated/α-hetero) is 1. The van der Waals surface area contributed by atoms with Crippen molar-refractivity contribution >= 4 is 17.1 Å². The highest BCUT2D eigenvalue weighted by Gasteiger charge is 2.35. The molecular weight excluding hydrogens is 303 g/mol. The molecule has 0 aliphatic carbocycles. The summed E-state index contributed by atoms with van der Waals surface area (Å²) in [6, 6.07) is 7.31. The molecule has 0 spiro atoms. The summed E-state index contributed by atoms with van der Waals surface area (Å²) in [5, 5.41) is -1.01. The van der Waals surface area contributed by atoms with Crippen LogP contribution in [0.25, 0.3) is 0 Å². The van der Waals surface area contributed by atoms with E-state index in [1.807, 2.05) is 25.1 Å². The maximum Gasteiger partial charge on any atom is 0.443 e. The molecule has 0 aliphatic rings. The van der Waals surface area contributed by atoms with Gasteiger partial charge in [-0.1, -0.05) is 12.1 Å². The van der Waals surface area contributed by atoms with Crippen molar-refractivity contribution in [2.45, 2.75) is 19.5 Å². The fourth-order valence-corrected chi connectivity index (χ4v) is 2.37. The minimum absolute atomic E-state index is 0.00447. The molecule has 2 rings (SSSR count). The molecule has 1 heterocycles. The lowest BCUT2D eigenvalue weighted by Crippen LogP contribution is -2.05. The lowest BCUT2D eigenvalue weighted by molar-refractivity contribution is -0.137. The first-order chi connectivity index (χ1) is 9.86. The van der Waals surface area contributed by atoms with Crippen LogP contribution in [0.4, 0.5) is 13.2 Å². The number of benzene rings is 1. The first-order valence-electron chi connectivity index (χ1n) is 6.12. The third-order valence-corrected chi connectivity index (χ3v) is 3.69. The lowest BCUT2D eigenvalue weighted by Gasteiger charge is -2.05. The molecule has 0 saturated carbocycles. The van der Waals surface area contributed by atoms with Crippen molar-refractivity contribution in [1.82, 2.24) is 4.98 Å². The van der Waals surface area contributed by atoms with Crippen molar-refractivity contribution in [2.75, 3.05) is 6.61 Å². The normalized spacial score (nSPS) is 11.4. The van der Waals surface area contributed by atoms with Gasteiger partial charge in [-0.05, 0) is 24.6 Å². The second-order valence-corrected chi connectivity index (χ2v) is 5.40. The molecule has 0 radical (unpaired) electrons. The fourth-order valence-electron chi connectivity index (χ4n) is 1.62. The Balaban J connectivity index is 1.89. The molecule has 0 amide bonds. The van der Waals surface area contributed by atoms with E-state index in [9.17, 15) is 18.0 Å². The number of thiazole rings is 1. The van der Waals surface area contributed by atoms with Crippen molar-refractivity contribution < 1.29 is 22.7 Å². The topological polar surface area (TPSA) is 39.2 Å². The van der Waals surface area contributed by atoms with E-state index in [0.29, 0.717) is 17.1 Å². The molecule has 0 aliphatic heterocycles. The summed E-state index contributed by atoms with van der Waals surface area (Å²) in [6.07, 6.45) is -3.54. The second kappa shape index (κ2) is 6.26. The molecule has 7 heteroatoms. The van der Waals surface area contributed by atoms with Gasteiger partial charge < -0.3 is 4.74 Å². The molecule has 0 unspecified atom stereocenters. The number of carbonyl (C=O) groups excluding carboxylic acids is 1. The molecule has 1 aromatic heterocycles. The van der Waals surface area contributed by atoms with Crippen LogP contribution in [0.3, 0.4) is 0 Å². The average molecular weight is 315 g/mol. The molecule has 0 fully saturated rings. The minimum atomic E-state index is -4.51. The van der Waals surface area contributed by atoms with Crippen molar-refractivity contribution in [3.8, 4) is 5.75 Å². The highest BCUT2D eigenvalue weighted by Crippen LogP contribution is 2.32. The van der Waals surface area contributed by atoms with Crippen molar-refractivity contribution in [3.05, 3.63) is 45.9 Å². The average Bonchev–Trinajstić information content (AvgIpc) is 2.88. The number of hydrogen-bond acceptors (Lipinski definition) is 4. The Labute approximate surface area is 123 Å². The Morgan fingerprint density at radius 2 is 2.14 bits per heavy atom. The number of rotatable bonds is 5. The molecule has 21 heavy (non-hydrogen) atoms. The Bertz CT molecular complexity index is 637. The monoisotopic (exact) mass is 315 g/mol. The van der Waals surface area contributed by atoms with E-state index < -0.39 is 17.0 Å². The molecule has 0 saturated heterocycles. The van der Waals surface area contributed by atoms with Crippen LogP contribution >= 0.6 is 11.3 Å². The van der Waals surface area contributed by atoms with Gasteiger partial charge in [0.25, 0.3) is 0 Å². The predicted octanol–water partition coefficient (Wildman–Crippen LogP) is 4.12. The highest BCUT2D eigenvalue weighted by atomic mass is 32.1. The number of halogens is 3. The molecule has 0 atom stereocenters. The molecule has 0 N–H and O–H groups in total. The number of alkyl halides is 3. The maximum atomic E-state index is 12.4. The molecule has 0 bridgehead atoms. The summed E-state index contributed by atoms with van der Waals surface area (Å²) in [6.45, 7) is 2.02. The number of hydrogen-bond donors (Lipinski definition) is 0. The predicted molar refractivity (Wildman–Crippen MR) is 72.7 cm³/mol. The number of carbonyl (C=O) groups is 1. The first kappa shape index (κ1) is 15.5. The van der Waals surface area contributed by atoms with Crippen LogP contribution in [-0.2, 0) is 6.18 Å². The minimum Gasteiger partial charge on any atom is -0.493 e. The Hall–Kier alpha value is -1.89. The summed E-state index contributed by atoms with van der Waals surface area (Å²) in [5.41, 5.74) is 1.02. The fraction of sp³-hybridized carbons (Fsp3) is 0.286. The number of aryl methyl sites for hydroxylation is 1. The zero-order chi connectivity index (χ0) is 15.5. The van der Waals surface area contributed by atoms with Crippen LogP contribution in [0.15, 0.2) is 30.5 Å². The van der Waals surface area contributed by atoms with Gasteiger partial charge in [0.05, 0.1) is 11.5 Å².